The minimum Gasteiger partial charge on any atom is -0.379 e. The van der Waals surface area contributed by atoms with Gasteiger partial charge in [-0.1, -0.05) is 6.92 Å². The number of aromatic nitrogens is 2. The summed E-state index contributed by atoms with van der Waals surface area (Å²) in [7, 11) is 0. The molecule has 1 N–H and O–H groups in total. The number of anilines is 1. The van der Waals surface area contributed by atoms with Crippen LogP contribution in [0.25, 0.3) is 10.2 Å². The van der Waals surface area contributed by atoms with Gasteiger partial charge in [-0.25, -0.2) is 9.97 Å². The Bertz CT molecular complexity index is 845. The fourth-order valence-corrected chi connectivity index (χ4v) is 4.98. The van der Waals surface area contributed by atoms with E-state index in [2.05, 4.69) is 27.1 Å². The Kier molecular flexibility index (Phi) is 6.62. The van der Waals surface area contributed by atoms with Crippen molar-refractivity contribution < 1.29 is 9.53 Å². The highest BCUT2D eigenvalue weighted by Crippen LogP contribution is 2.35. The van der Waals surface area contributed by atoms with Crippen molar-refractivity contribution >= 4 is 33.3 Å². The second kappa shape index (κ2) is 9.36. The Labute approximate surface area is 176 Å². The largest absolute Gasteiger partial charge is 0.379 e. The molecule has 1 saturated carbocycles. The Morgan fingerprint density at radius 2 is 2.14 bits per heavy atom. The molecule has 1 amide bonds. The van der Waals surface area contributed by atoms with Crippen LogP contribution >= 0.6 is 11.3 Å². The van der Waals surface area contributed by atoms with Gasteiger partial charge in [0, 0.05) is 39.3 Å². The number of rotatable bonds is 9. The second-order valence-electron chi connectivity index (χ2n) is 8.03. The topological polar surface area (TPSA) is 70.6 Å². The van der Waals surface area contributed by atoms with Crippen LogP contribution in [0.3, 0.4) is 0 Å². The molecule has 0 spiro atoms. The van der Waals surface area contributed by atoms with Gasteiger partial charge in [0.1, 0.15) is 17.0 Å². The quantitative estimate of drug-likeness (QED) is 0.676. The van der Waals surface area contributed by atoms with Crippen LogP contribution in [0.5, 0.6) is 0 Å². The van der Waals surface area contributed by atoms with Crippen molar-refractivity contribution in [1.82, 2.24) is 19.8 Å². The molecule has 0 unspecified atom stereocenters. The van der Waals surface area contributed by atoms with E-state index >= 15 is 0 Å². The predicted molar refractivity (Wildman–Crippen MR) is 117 cm³/mol. The zero-order valence-electron chi connectivity index (χ0n) is 17.4. The van der Waals surface area contributed by atoms with Gasteiger partial charge in [0.25, 0.3) is 5.91 Å². The molecule has 29 heavy (non-hydrogen) atoms. The first-order chi connectivity index (χ1) is 14.2. The number of hydrogen-bond donors (Lipinski definition) is 1. The van der Waals surface area contributed by atoms with Gasteiger partial charge in [-0.05, 0) is 37.7 Å². The maximum absolute atomic E-state index is 13.3. The second-order valence-corrected chi connectivity index (χ2v) is 9.03. The zero-order valence-corrected chi connectivity index (χ0v) is 18.3. The zero-order chi connectivity index (χ0) is 20.2. The molecule has 0 bridgehead atoms. The average Bonchev–Trinajstić information content (AvgIpc) is 3.49. The molecule has 0 atom stereocenters. The van der Waals surface area contributed by atoms with Gasteiger partial charge in [-0.3, -0.25) is 9.69 Å². The van der Waals surface area contributed by atoms with Crippen LogP contribution in [0.1, 0.15) is 41.4 Å². The number of carbonyl (C=O) groups is 1. The maximum atomic E-state index is 13.3. The molecule has 1 aliphatic carbocycles. The van der Waals surface area contributed by atoms with Crippen molar-refractivity contribution in [2.24, 2.45) is 5.92 Å². The number of amides is 1. The third-order valence-electron chi connectivity index (χ3n) is 5.70. The molecular formula is C21H31N5O2S. The Hall–Kier alpha value is -1.77. The van der Waals surface area contributed by atoms with Crippen LogP contribution in [-0.2, 0) is 4.74 Å². The van der Waals surface area contributed by atoms with Gasteiger partial charge in [-0.15, -0.1) is 11.3 Å². The first-order valence-corrected chi connectivity index (χ1v) is 11.6. The molecule has 2 aliphatic rings. The lowest BCUT2D eigenvalue weighted by Gasteiger charge is -2.26. The first-order valence-electron chi connectivity index (χ1n) is 10.7. The molecule has 4 rings (SSSR count). The Morgan fingerprint density at radius 3 is 2.86 bits per heavy atom. The highest BCUT2D eigenvalue weighted by molar-refractivity contribution is 7.20. The van der Waals surface area contributed by atoms with Gasteiger partial charge in [0.15, 0.2) is 0 Å². The molecule has 1 aliphatic heterocycles. The summed E-state index contributed by atoms with van der Waals surface area (Å²) >= 11 is 1.50. The van der Waals surface area contributed by atoms with Crippen molar-refractivity contribution in [3.8, 4) is 0 Å². The summed E-state index contributed by atoms with van der Waals surface area (Å²) < 4.78 is 5.41. The van der Waals surface area contributed by atoms with E-state index in [0.29, 0.717) is 5.92 Å². The number of morpholine rings is 1. The number of ether oxygens (including phenoxy) is 1. The fraction of sp³-hybridized carbons (Fsp3) is 0.667. The van der Waals surface area contributed by atoms with Crippen LogP contribution in [0.4, 0.5) is 5.82 Å². The van der Waals surface area contributed by atoms with E-state index < -0.39 is 0 Å². The molecule has 2 fully saturated rings. The number of nitrogens with zero attached hydrogens (tertiary/aromatic N) is 4. The number of aryl methyl sites for hydroxylation is 1. The SMILES string of the molecule is CCCN(CC1CC1)C(=O)c1sc2ncnc(NCCN3CCOCC3)c2c1C. The summed E-state index contributed by atoms with van der Waals surface area (Å²) in [5.41, 5.74) is 1.00. The van der Waals surface area contributed by atoms with E-state index in [-0.39, 0.29) is 5.91 Å². The van der Waals surface area contributed by atoms with Crippen LogP contribution < -0.4 is 5.32 Å². The fourth-order valence-electron chi connectivity index (χ4n) is 3.87. The van der Waals surface area contributed by atoms with E-state index in [9.17, 15) is 4.79 Å². The molecule has 3 heterocycles. The van der Waals surface area contributed by atoms with E-state index in [1.807, 2.05) is 11.8 Å². The van der Waals surface area contributed by atoms with Crippen molar-refractivity contribution in [1.29, 1.82) is 0 Å². The summed E-state index contributed by atoms with van der Waals surface area (Å²) in [6, 6.07) is 0. The number of thiophene rings is 1. The molecule has 0 radical (unpaired) electrons. The lowest BCUT2D eigenvalue weighted by molar-refractivity contribution is 0.0398. The molecule has 0 aromatic carbocycles. The third-order valence-corrected chi connectivity index (χ3v) is 6.89. The summed E-state index contributed by atoms with van der Waals surface area (Å²) in [5, 5.41) is 4.46. The third kappa shape index (κ3) is 4.87. The van der Waals surface area contributed by atoms with Gasteiger partial charge in [0.05, 0.1) is 23.5 Å². The monoisotopic (exact) mass is 417 g/mol. The smallest absolute Gasteiger partial charge is 0.264 e. The van der Waals surface area contributed by atoms with Crippen LogP contribution in [0, 0.1) is 12.8 Å². The van der Waals surface area contributed by atoms with Crippen molar-refractivity contribution in [3.05, 3.63) is 16.8 Å². The van der Waals surface area contributed by atoms with Crippen molar-refractivity contribution in [3.63, 3.8) is 0 Å². The first kappa shape index (κ1) is 20.5. The molecule has 158 valence electrons. The van der Waals surface area contributed by atoms with Crippen molar-refractivity contribution in [2.45, 2.75) is 33.1 Å². The van der Waals surface area contributed by atoms with Gasteiger partial charge in [-0.2, -0.15) is 0 Å². The molecule has 2 aromatic rings. The van der Waals surface area contributed by atoms with E-state index in [1.54, 1.807) is 6.33 Å². The Balaban J connectivity index is 1.50. The molecule has 2 aromatic heterocycles. The van der Waals surface area contributed by atoms with Crippen molar-refractivity contribution in [2.75, 3.05) is 57.8 Å². The minimum absolute atomic E-state index is 0.151. The lowest BCUT2D eigenvalue weighted by atomic mass is 10.1. The molecular weight excluding hydrogens is 386 g/mol. The van der Waals surface area contributed by atoms with Gasteiger partial charge in [0.2, 0.25) is 0 Å². The lowest BCUT2D eigenvalue weighted by Crippen LogP contribution is -2.39. The van der Waals surface area contributed by atoms with E-state index in [4.69, 9.17) is 4.74 Å². The van der Waals surface area contributed by atoms with Gasteiger partial charge >= 0.3 is 0 Å². The number of nitrogens with one attached hydrogen (secondary N) is 1. The molecule has 8 heteroatoms. The minimum atomic E-state index is 0.151. The van der Waals surface area contributed by atoms with Crippen LogP contribution in [0.15, 0.2) is 6.33 Å². The summed E-state index contributed by atoms with van der Waals surface area (Å²) in [6.45, 7) is 11.2. The summed E-state index contributed by atoms with van der Waals surface area (Å²) in [5.74, 6) is 1.68. The highest BCUT2D eigenvalue weighted by atomic mass is 32.1. The number of fused-ring (bicyclic) bond motifs is 1. The highest BCUT2D eigenvalue weighted by Gasteiger charge is 2.29. The standard InChI is InChI=1S/C21H31N5O2S/c1-3-7-26(13-16-4-5-16)21(27)18-15(2)17-19(23-14-24-20(17)29-18)22-6-8-25-9-11-28-12-10-25/h14,16H,3-13H2,1-2H3,(H,22,23,24). The normalized spacial score (nSPS) is 17.6. The van der Waals surface area contributed by atoms with E-state index in [0.717, 1.165) is 85.4 Å². The van der Waals surface area contributed by atoms with Gasteiger partial charge < -0.3 is 15.0 Å². The van der Waals surface area contributed by atoms with E-state index in [1.165, 1.54) is 24.2 Å². The number of carbonyl (C=O) groups excluding carboxylic acids is 1. The predicted octanol–water partition coefficient (Wildman–Crippen LogP) is 3.01. The Morgan fingerprint density at radius 1 is 1.34 bits per heavy atom. The van der Waals surface area contributed by atoms with Crippen LogP contribution in [0.2, 0.25) is 0 Å². The molecule has 7 nitrogen and oxygen atoms in total. The molecule has 1 saturated heterocycles. The maximum Gasteiger partial charge on any atom is 0.264 e. The number of hydrogen-bond acceptors (Lipinski definition) is 7. The summed E-state index contributed by atoms with van der Waals surface area (Å²) in [4.78, 5) is 28.3. The average molecular weight is 418 g/mol. The summed E-state index contributed by atoms with van der Waals surface area (Å²) in [6.07, 6.45) is 5.08. The van der Waals surface area contributed by atoms with Crippen LogP contribution in [-0.4, -0.2) is 78.2 Å².